The molecule has 0 saturated carbocycles. The summed E-state index contributed by atoms with van der Waals surface area (Å²) < 4.78 is 10.9. The average Bonchev–Trinajstić information content (AvgIpc) is 3.23. The maximum atomic E-state index is 12.9. The molecular formula is C27H34N2O4. The summed E-state index contributed by atoms with van der Waals surface area (Å²) in [7, 11) is 1.65. The van der Waals surface area contributed by atoms with Crippen molar-refractivity contribution in [2.75, 3.05) is 26.9 Å². The van der Waals surface area contributed by atoms with E-state index in [0.717, 1.165) is 30.6 Å². The summed E-state index contributed by atoms with van der Waals surface area (Å²) in [6, 6.07) is 18.3. The molecule has 33 heavy (non-hydrogen) atoms. The number of carbonyl (C=O) groups is 2. The van der Waals surface area contributed by atoms with Gasteiger partial charge in [-0.05, 0) is 55.4 Å². The third-order valence-corrected chi connectivity index (χ3v) is 7.20. The Kier molecular flexibility index (Phi) is 7.33. The largest absolute Gasteiger partial charge is 0.497 e. The molecule has 0 bridgehead atoms. The Hall–Kier alpha value is -2.86. The second-order valence-corrected chi connectivity index (χ2v) is 9.39. The highest BCUT2D eigenvalue weighted by Gasteiger charge is 2.39. The van der Waals surface area contributed by atoms with Gasteiger partial charge >= 0.3 is 0 Å². The van der Waals surface area contributed by atoms with Gasteiger partial charge in [0, 0.05) is 43.6 Å². The summed E-state index contributed by atoms with van der Waals surface area (Å²) >= 11 is 0. The molecule has 2 amide bonds. The van der Waals surface area contributed by atoms with E-state index in [1.165, 1.54) is 5.56 Å². The highest BCUT2D eigenvalue weighted by Crippen LogP contribution is 2.34. The Balaban J connectivity index is 1.39. The van der Waals surface area contributed by atoms with E-state index in [1.807, 2.05) is 30.3 Å². The SMILES string of the molecule is COc1cccc(C[C@@]2(CCC(=O)NCC3(c4ccccc4)CCOCC3)CCC(=O)N2)c1. The zero-order chi connectivity index (χ0) is 23.2. The molecule has 6 nitrogen and oxygen atoms in total. The smallest absolute Gasteiger partial charge is 0.220 e. The minimum atomic E-state index is -0.392. The molecule has 2 aromatic rings. The lowest BCUT2D eigenvalue weighted by molar-refractivity contribution is -0.123. The van der Waals surface area contributed by atoms with Gasteiger partial charge < -0.3 is 20.1 Å². The van der Waals surface area contributed by atoms with Crippen LogP contribution in [0.5, 0.6) is 5.75 Å². The first-order chi connectivity index (χ1) is 16.0. The minimum Gasteiger partial charge on any atom is -0.497 e. The Bertz CT molecular complexity index is 956. The number of methoxy groups -OCH3 is 1. The molecule has 2 aliphatic rings. The van der Waals surface area contributed by atoms with Crippen molar-refractivity contribution in [3.63, 3.8) is 0 Å². The third-order valence-electron chi connectivity index (χ3n) is 7.20. The lowest BCUT2D eigenvalue weighted by atomic mass is 9.74. The second-order valence-electron chi connectivity index (χ2n) is 9.39. The van der Waals surface area contributed by atoms with Crippen molar-refractivity contribution in [3.8, 4) is 5.75 Å². The fraction of sp³-hybridized carbons (Fsp3) is 0.481. The van der Waals surface area contributed by atoms with E-state index in [2.05, 4.69) is 34.9 Å². The maximum absolute atomic E-state index is 12.9. The molecule has 0 aromatic heterocycles. The van der Waals surface area contributed by atoms with Gasteiger partial charge in [0.2, 0.25) is 11.8 Å². The van der Waals surface area contributed by atoms with Crippen molar-refractivity contribution >= 4 is 11.8 Å². The van der Waals surface area contributed by atoms with Gasteiger partial charge in [0.25, 0.3) is 0 Å². The zero-order valence-corrected chi connectivity index (χ0v) is 19.4. The van der Waals surface area contributed by atoms with Crippen LogP contribution in [0.25, 0.3) is 0 Å². The standard InChI is InChI=1S/C27H34N2O4/c1-32-23-9-5-6-21(18-23)19-27(13-11-25(31)29-27)12-10-24(30)28-20-26(14-16-33-17-15-26)22-7-3-2-4-8-22/h2-9,18H,10-17,19-20H2,1H3,(H,28,30)(H,29,31)/t27-/m1/s1. The van der Waals surface area contributed by atoms with E-state index < -0.39 is 5.54 Å². The highest BCUT2D eigenvalue weighted by molar-refractivity contribution is 5.80. The highest BCUT2D eigenvalue weighted by atomic mass is 16.5. The molecule has 0 unspecified atom stereocenters. The summed E-state index contributed by atoms with van der Waals surface area (Å²) in [6.07, 6.45) is 4.72. The number of amides is 2. The second kappa shape index (κ2) is 10.4. The molecule has 0 radical (unpaired) electrons. The van der Waals surface area contributed by atoms with Gasteiger partial charge in [0.15, 0.2) is 0 Å². The first-order valence-electron chi connectivity index (χ1n) is 11.9. The van der Waals surface area contributed by atoms with E-state index in [0.29, 0.717) is 45.4 Å². The zero-order valence-electron chi connectivity index (χ0n) is 19.4. The first kappa shape index (κ1) is 23.3. The van der Waals surface area contributed by atoms with E-state index in [-0.39, 0.29) is 17.2 Å². The van der Waals surface area contributed by atoms with Crippen LogP contribution >= 0.6 is 0 Å². The molecule has 4 rings (SSSR count). The summed E-state index contributed by atoms with van der Waals surface area (Å²) in [5.74, 6) is 0.888. The van der Waals surface area contributed by atoms with Gasteiger partial charge in [0.1, 0.15) is 5.75 Å². The van der Waals surface area contributed by atoms with E-state index in [4.69, 9.17) is 9.47 Å². The van der Waals surface area contributed by atoms with Crippen molar-refractivity contribution in [2.45, 2.75) is 55.9 Å². The van der Waals surface area contributed by atoms with Crippen LogP contribution in [0.4, 0.5) is 0 Å². The van der Waals surface area contributed by atoms with Crippen LogP contribution in [-0.4, -0.2) is 44.2 Å². The average molecular weight is 451 g/mol. The van der Waals surface area contributed by atoms with Gasteiger partial charge in [-0.2, -0.15) is 0 Å². The van der Waals surface area contributed by atoms with Gasteiger partial charge in [-0.15, -0.1) is 0 Å². The first-order valence-corrected chi connectivity index (χ1v) is 11.9. The van der Waals surface area contributed by atoms with Crippen LogP contribution in [0.15, 0.2) is 54.6 Å². The van der Waals surface area contributed by atoms with Crippen LogP contribution in [0.2, 0.25) is 0 Å². The van der Waals surface area contributed by atoms with Crippen LogP contribution in [-0.2, 0) is 26.2 Å². The Morgan fingerprint density at radius 2 is 1.88 bits per heavy atom. The van der Waals surface area contributed by atoms with Crippen LogP contribution in [0, 0.1) is 0 Å². The van der Waals surface area contributed by atoms with Crippen molar-refractivity contribution in [3.05, 3.63) is 65.7 Å². The minimum absolute atomic E-state index is 0.0305. The summed E-state index contributed by atoms with van der Waals surface area (Å²) in [5, 5.41) is 6.37. The van der Waals surface area contributed by atoms with Gasteiger partial charge in [-0.3, -0.25) is 9.59 Å². The molecule has 2 N–H and O–H groups in total. The lowest BCUT2D eigenvalue weighted by Gasteiger charge is -2.38. The van der Waals surface area contributed by atoms with Crippen LogP contribution in [0.3, 0.4) is 0 Å². The predicted octanol–water partition coefficient (Wildman–Crippen LogP) is 3.53. The fourth-order valence-corrected chi connectivity index (χ4v) is 5.19. The van der Waals surface area contributed by atoms with Gasteiger partial charge in [-0.1, -0.05) is 42.5 Å². The number of benzene rings is 2. The van der Waals surface area contributed by atoms with Gasteiger partial charge in [0.05, 0.1) is 7.11 Å². The molecule has 2 aliphatic heterocycles. The molecule has 2 fully saturated rings. The normalized spacial score (nSPS) is 21.9. The lowest BCUT2D eigenvalue weighted by Crippen LogP contribution is -2.46. The molecule has 6 heteroatoms. The molecule has 2 saturated heterocycles. The van der Waals surface area contributed by atoms with Crippen molar-refractivity contribution in [1.82, 2.24) is 10.6 Å². The molecule has 2 heterocycles. The summed E-state index contributed by atoms with van der Waals surface area (Å²) in [6.45, 7) is 2.02. The van der Waals surface area contributed by atoms with E-state index in [1.54, 1.807) is 7.11 Å². The third kappa shape index (κ3) is 5.74. The molecular weight excluding hydrogens is 416 g/mol. The predicted molar refractivity (Wildman–Crippen MR) is 127 cm³/mol. The number of nitrogens with one attached hydrogen (secondary N) is 2. The molecule has 176 valence electrons. The Labute approximate surface area is 196 Å². The fourth-order valence-electron chi connectivity index (χ4n) is 5.19. The molecule has 1 atom stereocenters. The van der Waals surface area contributed by atoms with Gasteiger partial charge in [-0.25, -0.2) is 0 Å². The quantitative estimate of drug-likeness (QED) is 0.613. The molecule has 2 aromatic carbocycles. The van der Waals surface area contributed by atoms with E-state index in [9.17, 15) is 9.59 Å². The number of rotatable bonds is 9. The van der Waals surface area contributed by atoms with E-state index >= 15 is 0 Å². The molecule has 0 aliphatic carbocycles. The maximum Gasteiger partial charge on any atom is 0.220 e. The number of ether oxygens (including phenoxy) is 2. The summed E-state index contributed by atoms with van der Waals surface area (Å²) in [5.41, 5.74) is 1.87. The van der Waals surface area contributed by atoms with Crippen LogP contribution < -0.4 is 15.4 Å². The Morgan fingerprint density at radius 3 is 2.58 bits per heavy atom. The van der Waals surface area contributed by atoms with Crippen molar-refractivity contribution < 1.29 is 19.1 Å². The number of carbonyl (C=O) groups excluding carboxylic acids is 2. The topological polar surface area (TPSA) is 76.7 Å². The summed E-state index contributed by atoms with van der Waals surface area (Å²) in [4.78, 5) is 25.0. The van der Waals surface area contributed by atoms with Crippen molar-refractivity contribution in [2.24, 2.45) is 0 Å². The monoisotopic (exact) mass is 450 g/mol. The number of hydrogen-bond acceptors (Lipinski definition) is 4. The van der Waals surface area contributed by atoms with Crippen molar-refractivity contribution in [1.29, 1.82) is 0 Å². The Morgan fingerprint density at radius 1 is 1.09 bits per heavy atom. The van der Waals surface area contributed by atoms with Crippen LogP contribution in [0.1, 0.15) is 49.7 Å². The number of hydrogen-bond donors (Lipinski definition) is 2. The molecule has 0 spiro atoms.